The van der Waals surface area contributed by atoms with Gasteiger partial charge in [-0.1, -0.05) is 59.9 Å². The lowest BCUT2D eigenvalue weighted by atomic mass is 10.1. The van der Waals surface area contributed by atoms with Crippen LogP contribution in [0, 0.1) is 0 Å². The average Bonchev–Trinajstić information content (AvgIpc) is 2.66. The highest BCUT2D eigenvalue weighted by Gasteiger charge is 2.16. The summed E-state index contributed by atoms with van der Waals surface area (Å²) >= 11 is 3.17. The predicted octanol–water partition coefficient (Wildman–Crippen LogP) is 4.54. The minimum absolute atomic E-state index is 0.00874. The Morgan fingerprint density at radius 2 is 2.04 bits per heavy atom. The van der Waals surface area contributed by atoms with Gasteiger partial charge in [-0.3, -0.25) is 4.79 Å². The second-order valence-corrected chi connectivity index (χ2v) is 7.80. The maximum Gasteiger partial charge on any atom is 0.230 e. The number of hydrogen-bond acceptors (Lipinski definition) is 5. The van der Waals surface area contributed by atoms with Crippen molar-refractivity contribution in [3.05, 3.63) is 59.7 Å². The molecule has 3 rings (SSSR count). The van der Waals surface area contributed by atoms with Crippen molar-refractivity contribution in [1.29, 1.82) is 0 Å². The van der Waals surface area contributed by atoms with Crippen molar-refractivity contribution < 1.29 is 9.53 Å². The standard InChI is InChI=1S/C19H20N2O2S2/c1-13(15-8-4-6-10-17(15)23-2)20-18(22)12-25-19-21-16-9-5-3-7-14(16)11-24-19/h3-10,13H,11-12H2,1-2H3,(H,20,22). The van der Waals surface area contributed by atoms with E-state index in [2.05, 4.69) is 16.4 Å². The monoisotopic (exact) mass is 372 g/mol. The molecule has 0 saturated carbocycles. The lowest BCUT2D eigenvalue weighted by Crippen LogP contribution is -2.28. The Kier molecular flexibility index (Phi) is 6.04. The van der Waals surface area contributed by atoms with Gasteiger partial charge in [0.2, 0.25) is 5.91 Å². The molecule has 1 heterocycles. The number of rotatable bonds is 5. The average molecular weight is 373 g/mol. The maximum absolute atomic E-state index is 12.3. The molecule has 2 aromatic rings. The minimum Gasteiger partial charge on any atom is -0.496 e. The molecule has 1 N–H and O–H groups in total. The van der Waals surface area contributed by atoms with Crippen LogP contribution in [0.4, 0.5) is 5.69 Å². The number of para-hydroxylation sites is 2. The first-order chi connectivity index (χ1) is 12.2. The van der Waals surface area contributed by atoms with Crippen molar-refractivity contribution >= 4 is 39.5 Å². The van der Waals surface area contributed by atoms with E-state index in [4.69, 9.17) is 4.74 Å². The largest absolute Gasteiger partial charge is 0.496 e. The van der Waals surface area contributed by atoms with Crippen molar-refractivity contribution in [3.63, 3.8) is 0 Å². The van der Waals surface area contributed by atoms with Gasteiger partial charge >= 0.3 is 0 Å². The Hall–Kier alpha value is -1.92. The van der Waals surface area contributed by atoms with Crippen molar-refractivity contribution in [2.75, 3.05) is 12.9 Å². The van der Waals surface area contributed by atoms with Crippen LogP contribution in [0.25, 0.3) is 0 Å². The summed E-state index contributed by atoms with van der Waals surface area (Å²) in [7, 11) is 1.64. The van der Waals surface area contributed by atoms with Gasteiger partial charge in [0.05, 0.1) is 24.6 Å². The molecule has 0 radical (unpaired) electrons. The van der Waals surface area contributed by atoms with E-state index in [1.807, 2.05) is 49.4 Å². The molecule has 0 aliphatic carbocycles. The summed E-state index contributed by atoms with van der Waals surface area (Å²) in [5, 5.41) is 3.03. The number of nitrogens with one attached hydrogen (secondary N) is 1. The van der Waals surface area contributed by atoms with E-state index in [0.717, 1.165) is 27.1 Å². The summed E-state index contributed by atoms with van der Waals surface area (Å²) < 4.78 is 6.30. The first-order valence-corrected chi connectivity index (χ1v) is 9.99. The molecule has 4 nitrogen and oxygen atoms in total. The van der Waals surface area contributed by atoms with E-state index < -0.39 is 0 Å². The van der Waals surface area contributed by atoms with Gasteiger partial charge in [-0.15, -0.1) is 0 Å². The first-order valence-electron chi connectivity index (χ1n) is 8.02. The third-order valence-corrected chi connectivity index (χ3v) is 6.11. The third kappa shape index (κ3) is 4.58. The summed E-state index contributed by atoms with van der Waals surface area (Å²) in [6, 6.07) is 15.7. The number of carbonyl (C=O) groups excluding carboxylic acids is 1. The molecule has 6 heteroatoms. The molecule has 0 spiro atoms. The van der Waals surface area contributed by atoms with E-state index in [-0.39, 0.29) is 11.9 Å². The number of methoxy groups -OCH3 is 1. The van der Waals surface area contributed by atoms with Gasteiger partial charge in [-0.2, -0.15) is 0 Å². The summed E-state index contributed by atoms with van der Waals surface area (Å²) in [5.41, 5.74) is 3.22. The van der Waals surface area contributed by atoms with Gasteiger partial charge in [0.25, 0.3) is 0 Å². The molecule has 1 atom stereocenters. The molecule has 1 aliphatic rings. The Morgan fingerprint density at radius 3 is 2.88 bits per heavy atom. The van der Waals surface area contributed by atoms with Gasteiger partial charge in [-0.25, -0.2) is 4.99 Å². The van der Waals surface area contributed by atoms with E-state index in [1.54, 1.807) is 18.9 Å². The van der Waals surface area contributed by atoms with Gasteiger partial charge < -0.3 is 10.1 Å². The van der Waals surface area contributed by atoms with Crippen LogP contribution in [0.15, 0.2) is 53.5 Å². The molecule has 2 aromatic carbocycles. The Morgan fingerprint density at radius 1 is 1.28 bits per heavy atom. The molecule has 25 heavy (non-hydrogen) atoms. The van der Waals surface area contributed by atoms with E-state index in [9.17, 15) is 4.79 Å². The number of nitrogens with zero attached hydrogens (tertiary/aromatic N) is 1. The lowest BCUT2D eigenvalue weighted by Gasteiger charge is -2.18. The van der Waals surface area contributed by atoms with Gasteiger partial charge in [0.15, 0.2) is 0 Å². The molecule has 130 valence electrons. The van der Waals surface area contributed by atoms with Crippen molar-refractivity contribution in [1.82, 2.24) is 5.32 Å². The fraction of sp³-hybridized carbons (Fsp3) is 0.263. The maximum atomic E-state index is 12.3. The number of hydrogen-bond donors (Lipinski definition) is 1. The van der Waals surface area contributed by atoms with E-state index >= 15 is 0 Å². The fourth-order valence-corrected chi connectivity index (χ4v) is 4.47. The highest BCUT2D eigenvalue weighted by molar-refractivity contribution is 8.38. The molecule has 1 unspecified atom stereocenters. The third-order valence-electron chi connectivity index (χ3n) is 3.86. The fourth-order valence-electron chi connectivity index (χ4n) is 2.60. The molecular formula is C19H20N2O2S2. The predicted molar refractivity (Wildman–Crippen MR) is 107 cm³/mol. The van der Waals surface area contributed by atoms with Crippen LogP contribution in [-0.2, 0) is 10.5 Å². The van der Waals surface area contributed by atoms with Crippen LogP contribution < -0.4 is 10.1 Å². The molecule has 0 saturated heterocycles. The molecule has 0 bridgehead atoms. The molecule has 1 amide bonds. The summed E-state index contributed by atoms with van der Waals surface area (Å²) in [5.74, 6) is 2.03. The number of carbonyl (C=O) groups is 1. The van der Waals surface area contributed by atoms with E-state index in [1.165, 1.54) is 17.3 Å². The number of benzene rings is 2. The van der Waals surface area contributed by atoms with Crippen LogP contribution in [0.3, 0.4) is 0 Å². The Labute approximate surface area is 156 Å². The normalized spacial score (nSPS) is 14.2. The molecule has 0 aromatic heterocycles. The number of fused-ring (bicyclic) bond motifs is 1. The highest BCUT2D eigenvalue weighted by atomic mass is 32.2. The van der Waals surface area contributed by atoms with Crippen LogP contribution in [-0.4, -0.2) is 23.1 Å². The minimum atomic E-state index is -0.106. The first kappa shape index (κ1) is 17.9. The number of ether oxygens (including phenoxy) is 1. The Balaban J connectivity index is 1.56. The Bertz CT molecular complexity index is 792. The molecule has 1 aliphatic heterocycles. The number of aliphatic imine (C=N–C) groups is 1. The molecule has 0 fully saturated rings. The lowest BCUT2D eigenvalue weighted by molar-refractivity contribution is -0.119. The second kappa shape index (κ2) is 8.45. The SMILES string of the molecule is COc1ccccc1C(C)NC(=O)CSC1=Nc2ccccc2CS1. The zero-order chi connectivity index (χ0) is 17.6. The highest BCUT2D eigenvalue weighted by Crippen LogP contribution is 2.34. The van der Waals surface area contributed by atoms with Crippen molar-refractivity contribution in [2.45, 2.75) is 18.7 Å². The zero-order valence-corrected chi connectivity index (χ0v) is 15.8. The van der Waals surface area contributed by atoms with Crippen molar-refractivity contribution in [3.8, 4) is 5.75 Å². The van der Waals surface area contributed by atoms with E-state index in [0.29, 0.717) is 5.75 Å². The zero-order valence-electron chi connectivity index (χ0n) is 14.2. The topological polar surface area (TPSA) is 50.7 Å². The summed E-state index contributed by atoms with van der Waals surface area (Å²) in [4.78, 5) is 16.9. The molecular weight excluding hydrogens is 352 g/mol. The van der Waals surface area contributed by atoms with Gasteiger partial charge in [-0.05, 0) is 24.6 Å². The van der Waals surface area contributed by atoms with Crippen molar-refractivity contribution in [2.24, 2.45) is 4.99 Å². The summed E-state index contributed by atoms with van der Waals surface area (Å²) in [6.45, 7) is 1.96. The van der Waals surface area contributed by atoms with Crippen LogP contribution in [0.1, 0.15) is 24.1 Å². The van der Waals surface area contributed by atoms with Crippen LogP contribution >= 0.6 is 23.5 Å². The van der Waals surface area contributed by atoms with Crippen LogP contribution in [0.2, 0.25) is 0 Å². The number of amides is 1. The summed E-state index contributed by atoms with van der Waals surface area (Å²) in [6.07, 6.45) is 0. The smallest absolute Gasteiger partial charge is 0.230 e. The second-order valence-electron chi connectivity index (χ2n) is 5.61. The van der Waals surface area contributed by atoms with Crippen LogP contribution in [0.5, 0.6) is 5.75 Å². The van der Waals surface area contributed by atoms with Gasteiger partial charge in [0.1, 0.15) is 10.1 Å². The quantitative estimate of drug-likeness (QED) is 0.837. The number of thioether (sulfide) groups is 2. The van der Waals surface area contributed by atoms with Gasteiger partial charge in [0, 0.05) is 11.3 Å².